The second kappa shape index (κ2) is 4.05. The molecule has 1 amide bonds. The molecule has 98 valence electrons. The van der Waals surface area contributed by atoms with Crippen LogP contribution in [0.5, 0.6) is 0 Å². The van der Waals surface area contributed by atoms with Crippen LogP contribution < -0.4 is 5.32 Å². The predicted molar refractivity (Wildman–Crippen MR) is 72.9 cm³/mol. The molecule has 3 rings (SSSR count). The van der Waals surface area contributed by atoms with Crippen LogP contribution in [0.3, 0.4) is 0 Å². The number of hydrogen-bond donors (Lipinski definition) is 1. The summed E-state index contributed by atoms with van der Waals surface area (Å²) >= 11 is 1.51. The molecular formula is C14H20N2OS. The molecule has 1 heterocycles. The number of fused-ring (bicyclic) bond motifs is 1. The van der Waals surface area contributed by atoms with E-state index < -0.39 is 0 Å². The zero-order valence-electron chi connectivity index (χ0n) is 11.2. The lowest BCUT2D eigenvalue weighted by atomic mass is 9.98. The second-order valence-electron chi connectivity index (χ2n) is 6.56. The molecule has 2 aliphatic carbocycles. The number of hydrogen-bond acceptors (Lipinski definition) is 3. The van der Waals surface area contributed by atoms with Crippen molar-refractivity contribution in [2.24, 2.45) is 17.8 Å². The molecule has 2 aliphatic rings. The lowest BCUT2D eigenvalue weighted by Crippen LogP contribution is -2.25. The summed E-state index contributed by atoms with van der Waals surface area (Å²) in [7, 11) is 0. The van der Waals surface area contributed by atoms with E-state index in [4.69, 9.17) is 0 Å². The molecule has 0 aliphatic heterocycles. The van der Waals surface area contributed by atoms with Gasteiger partial charge in [-0.1, -0.05) is 20.8 Å². The van der Waals surface area contributed by atoms with Crippen LogP contribution in [0.15, 0.2) is 6.20 Å². The van der Waals surface area contributed by atoms with Gasteiger partial charge in [0, 0.05) is 12.0 Å². The number of amides is 1. The van der Waals surface area contributed by atoms with Gasteiger partial charge in [-0.3, -0.25) is 4.79 Å². The Morgan fingerprint density at radius 2 is 2.11 bits per heavy atom. The summed E-state index contributed by atoms with van der Waals surface area (Å²) in [5, 5.41) is 4.08. The molecule has 1 aromatic heterocycles. The predicted octanol–water partition coefficient (Wildman–Crippen LogP) is 2.83. The lowest BCUT2D eigenvalue weighted by Gasteiger charge is -2.13. The molecule has 2 fully saturated rings. The Bertz CT molecular complexity index is 464. The highest BCUT2D eigenvalue weighted by Gasteiger charge is 2.55. The van der Waals surface area contributed by atoms with E-state index in [1.54, 1.807) is 6.20 Å². The first-order chi connectivity index (χ1) is 8.47. The van der Waals surface area contributed by atoms with Crippen LogP contribution in [0.1, 0.15) is 48.3 Å². The first-order valence-corrected chi connectivity index (χ1v) is 7.53. The number of carbonyl (C=O) groups excluding carboxylic acids is 1. The maximum absolute atomic E-state index is 12.0. The van der Waals surface area contributed by atoms with Crippen molar-refractivity contribution in [2.75, 3.05) is 6.54 Å². The highest BCUT2D eigenvalue weighted by atomic mass is 32.1. The third kappa shape index (κ3) is 2.07. The van der Waals surface area contributed by atoms with Gasteiger partial charge in [-0.2, -0.15) is 0 Å². The second-order valence-corrected chi connectivity index (χ2v) is 7.59. The fourth-order valence-electron chi connectivity index (χ4n) is 2.83. The molecule has 1 N–H and O–H groups in total. The van der Waals surface area contributed by atoms with Gasteiger partial charge in [0.25, 0.3) is 5.91 Å². The minimum atomic E-state index is 0.0266. The minimum Gasteiger partial charge on any atom is -0.351 e. The Balaban J connectivity index is 1.56. The molecule has 18 heavy (non-hydrogen) atoms. The number of rotatable bonds is 3. The summed E-state index contributed by atoms with van der Waals surface area (Å²) in [6.45, 7) is 7.22. The summed E-state index contributed by atoms with van der Waals surface area (Å²) in [6, 6.07) is 0. The quantitative estimate of drug-likeness (QED) is 0.912. The third-order valence-electron chi connectivity index (χ3n) is 4.21. The molecule has 0 radical (unpaired) electrons. The fourth-order valence-corrected chi connectivity index (χ4v) is 3.72. The Morgan fingerprint density at radius 3 is 2.61 bits per heavy atom. The molecule has 2 saturated carbocycles. The molecule has 4 heteroatoms. The average Bonchev–Trinajstić information content (AvgIpc) is 2.68. The number of thiazole rings is 1. The van der Waals surface area contributed by atoms with Crippen molar-refractivity contribution < 1.29 is 4.79 Å². The van der Waals surface area contributed by atoms with Crippen molar-refractivity contribution in [1.82, 2.24) is 10.3 Å². The van der Waals surface area contributed by atoms with Crippen molar-refractivity contribution in [2.45, 2.75) is 39.0 Å². The average molecular weight is 264 g/mol. The number of aromatic nitrogens is 1. The fraction of sp³-hybridized carbons (Fsp3) is 0.714. The number of nitrogens with one attached hydrogen (secondary N) is 1. The van der Waals surface area contributed by atoms with Crippen molar-refractivity contribution >= 4 is 17.2 Å². The topological polar surface area (TPSA) is 42.0 Å². The van der Waals surface area contributed by atoms with E-state index in [9.17, 15) is 4.79 Å². The number of carbonyl (C=O) groups is 1. The van der Waals surface area contributed by atoms with E-state index in [-0.39, 0.29) is 11.3 Å². The van der Waals surface area contributed by atoms with E-state index in [2.05, 4.69) is 31.1 Å². The van der Waals surface area contributed by atoms with Gasteiger partial charge in [0.05, 0.1) is 11.2 Å². The first kappa shape index (κ1) is 12.2. The zero-order valence-corrected chi connectivity index (χ0v) is 12.0. The van der Waals surface area contributed by atoms with Crippen LogP contribution in [0.4, 0.5) is 0 Å². The molecule has 3 nitrogen and oxygen atoms in total. The Morgan fingerprint density at radius 1 is 1.44 bits per heavy atom. The van der Waals surface area contributed by atoms with Gasteiger partial charge >= 0.3 is 0 Å². The molecule has 1 aromatic rings. The molecule has 0 spiro atoms. The van der Waals surface area contributed by atoms with Gasteiger partial charge in [0.15, 0.2) is 0 Å². The summed E-state index contributed by atoms with van der Waals surface area (Å²) < 4.78 is 0. The van der Waals surface area contributed by atoms with Crippen LogP contribution in [-0.2, 0) is 5.41 Å². The standard InChI is InChI=1S/C14H20N2OS/c1-14(2,3)13-16-7-11(18-13)12(17)15-6-10-8-4-5-9(8)10/h7-10H,4-6H2,1-3H3,(H,15,17). The maximum Gasteiger partial charge on any atom is 0.263 e. The van der Waals surface area contributed by atoms with Crippen molar-refractivity contribution in [3.63, 3.8) is 0 Å². The van der Waals surface area contributed by atoms with E-state index in [1.807, 2.05) is 0 Å². The molecule has 0 bridgehead atoms. The highest BCUT2D eigenvalue weighted by molar-refractivity contribution is 7.13. The largest absolute Gasteiger partial charge is 0.351 e. The monoisotopic (exact) mass is 264 g/mol. The summed E-state index contributed by atoms with van der Waals surface area (Å²) in [5.41, 5.74) is 0.0266. The van der Waals surface area contributed by atoms with Crippen LogP contribution in [0, 0.1) is 17.8 Å². The summed E-state index contributed by atoms with van der Waals surface area (Å²) in [5.74, 6) is 2.67. The molecular weight excluding hydrogens is 244 g/mol. The maximum atomic E-state index is 12.0. The minimum absolute atomic E-state index is 0.0266. The highest BCUT2D eigenvalue weighted by Crippen LogP contribution is 2.60. The van der Waals surface area contributed by atoms with Gasteiger partial charge < -0.3 is 5.32 Å². The third-order valence-corrected chi connectivity index (χ3v) is 5.63. The normalized spacial score (nSPS) is 29.4. The van der Waals surface area contributed by atoms with Gasteiger partial charge in [-0.05, 0) is 30.6 Å². The Kier molecular flexibility index (Phi) is 2.73. The van der Waals surface area contributed by atoms with Crippen molar-refractivity contribution in [3.05, 3.63) is 16.1 Å². The van der Waals surface area contributed by atoms with Crippen LogP contribution in [0.25, 0.3) is 0 Å². The van der Waals surface area contributed by atoms with E-state index >= 15 is 0 Å². The van der Waals surface area contributed by atoms with Crippen molar-refractivity contribution in [1.29, 1.82) is 0 Å². The lowest BCUT2D eigenvalue weighted by molar-refractivity contribution is 0.0955. The first-order valence-electron chi connectivity index (χ1n) is 6.71. The smallest absolute Gasteiger partial charge is 0.263 e. The molecule has 0 saturated heterocycles. The van der Waals surface area contributed by atoms with E-state index in [0.29, 0.717) is 0 Å². The molecule has 2 unspecified atom stereocenters. The van der Waals surface area contributed by atoms with Crippen LogP contribution in [0.2, 0.25) is 0 Å². The van der Waals surface area contributed by atoms with Gasteiger partial charge in [-0.25, -0.2) is 4.98 Å². The number of nitrogens with zero attached hydrogens (tertiary/aromatic N) is 1. The Labute approximate surface area is 112 Å². The van der Waals surface area contributed by atoms with Crippen molar-refractivity contribution in [3.8, 4) is 0 Å². The van der Waals surface area contributed by atoms with Crippen LogP contribution in [-0.4, -0.2) is 17.4 Å². The van der Waals surface area contributed by atoms with Gasteiger partial charge in [-0.15, -0.1) is 11.3 Å². The van der Waals surface area contributed by atoms with Gasteiger partial charge in [0.2, 0.25) is 0 Å². The van der Waals surface area contributed by atoms with Crippen LogP contribution >= 0.6 is 11.3 Å². The molecule has 2 atom stereocenters. The summed E-state index contributed by atoms with van der Waals surface area (Å²) in [6.07, 6.45) is 4.46. The van der Waals surface area contributed by atoms with E-state index in [1.165, 1.54) is 24.2 Å². The Hall–Kier alpha value is -0.900. The molecule has 0 aromatic carbocycles. The zero-order chi connectivity index (χ0) is 12.9. The van der Waals surface area contributed by atoms with E-state index in [0.717, 1.165) is 34.2 Å². The SMILES string of the molecule is CC(C)(C)c1ncc(C(=O)NCC2C3CCC32)s1. The van der Waals surface area contributed by atoms with Gasteiger partial charge in [0.1, 0.15) is 4.88 Å². The summed E-state index contributed by atoms with van der Waals surface area (Å²) in [4.78, 5) is 17.1.